The van der Waals surface area contributed by atoms with Gasteiger partial charge in [0.25, 0.3) is 16.0 Å². The fourth-order valence-electron chi connectivity index (χ4n) is 8.34. The summed E-state index contributed by atoms with van der Waals surface area (Å²) in [6, 6.07) is 5.88. The third-order valence-corrected chi connectivity index (χ3v) is 12.1. The van der Waals surface area contributed by atoms with Crippen LogP contribution in [-0.4, -0.2) is 88.2 Å². The van der Waals surface area contributed by atoms with E-state index in [9.17, 15) is 37.3 Å². The maximum atomic E-state index is 14.5. The van der Waals surface area contributed by atoms with Gasteiger partial charge in [-0.1, -0.05) is 51.3 Å². The number of aromatic amines is 1. The van der Waals surface area contributed by atoms with Gasteiger partial charge in [-0.3, -0.25) is 23.7 Å². The van der Waals surface area contributed by atoms with Crippen LogP contribution < -0.4 is 16.0 Å². The van der Waals surface area contributed by atoms with Crippen molar-refractivity contribution in [3.8, 4) is 0 Å². The van der Waals surface area contributed by atoms with Crippen molar-refractivity contribution in [3.05, 3.63) is 36.0 Å². The Morgan fingerprint density at radius 3 is 2.47 bits per heavy atom. The van der Waals surface area contributed by atoms with Crippen LogP contribution in [0, 0.1) is 29.1 Å². The Hall–Kier alpha value is -3.49. The Balaban J connectivity index is 1.26. The largest absolute Gasteiger partial charge is 0.374 e. The highest BCUT2D eigenvalue weighted by atomic mass is 32.2. The van der Waals surface area contributed by atoms with Crippen molar-refractivity contribution in [3.63, 3.8) is 0 Å². The highest BCUT2D eigenvalue weighted by Crippen LogP contribution is 2.65. The van der Waals surface area contributed by atoms with Crippen LogP contribution in [0.3, 0.4) is 0 Å². The Bertz CT molecular complexity index is 1620. The molecule has 13 nitrogen and oxygen atoms in total. The number of H-pyrrole nitrogens is 1. The number of para-hydroxylation sites is 1. The first-order valence-electron chi connectivity index (χ1n) is 16.7. The fourth-order valence-corrected chi connectivity index (χ4v) is 8.94. The number of piperidine rings is 2. The molecule has 0 radical (unpaired) electrons. The summed E-state index contributed by atoms with van der Waals surface area (Å²) >= 11 is 0. The molecule has 6 rings (SSSR count). The van der Waals surface area contributed by atoms with Crippen molar-refractivity contribution in [1.29, 1.82) is 0 Å². The van der Waals surface area contributed by atoms with Gasteiger partial charge in [0.2, 0.25) is 23.2 Å². The predicted molar refractivity (Wildman–Crippen MR) is 172 cm³/mol. The third-order valence-electron chi connectivity index (χ3n) is 11.1. The van der Waals surface area contributed by atoms with E-state index in [0.29, 0.717) is 25.1 Å². The van der Waals surface area contributed by atoms with Gasteiger partial charge in [-0.2, -0.15) is 8.42 Å². The number of hydrogen-bond acceptors (Lipinski definition) is 7. The van der Waals surface area contributed by atoms with Crippen LogP contribution in [0.5, 0.6) is 0 Å². The van der Waals surface area contributed by atoms with Gasteiger partial charge in [0.05, 0.1) is 6.04 Å². The summed E-state index contributed by atoms with van der Waals surface area (Å²) < 4.78 is 33.8. The minimum absolute atomic E-state index is 0.00711. The normalized spacial score (nSPS) is 27.7. The number of fused-ring (bicyclic) bond motifs is 2. The topological polar surface area (TPSA) is 198 Å². The molecule has 0 spiro atoms. The highest BCUT2D eigenvalue weighted by Gasteiger charge is 2.69. The molecule has 2 aliphatic carbocycles. The van der Waals surface area contributed by atoms with Gasteiger partial charge in [0, 0.05) is 29.9 Å². The predicted octanol–water partition coefficient (Wildman–Crippen LogP) is 1.94. The van der Waals surface area contributed by atoms with Crippen LogP contribution in [0.15, 0.2) is 30.3 Å². The Kier molecular flexibility index (Phi) is 9.13. The molecule has 2 aromatic rings. The van der Waals surface area contributed by atoms with E-state index in [4.69, 9.17) is 0 Å². The Labute approximate surface area is 274 Å². The second-order valence-corrected chi connectivity index (χ2v) is 15.9. The van der Waals surface area contributed by atoms with Crippen molar-refractivity contribution in [2.45, 2.75) is 88.8 Å². The molecule has 3 heterocycles. The van der Waals surface area contributed by atoms with Gasteiger partial charge in [0.1, 0.15) is 17.8 Å². The molecule has 4 amide bonds. The van der Waals surface area contributed by atoms with Crippen LogP contribution in [0.1, 0.15) is 75.7 Å². The van der Waals surface area contributed by atoms with Gasteiger partial charge < -0.3 is 30.9 Å². The van der Waals surface area contributed by atoms with E-state index in [1.54, 1.807) is 6.07 Å². The molecule has 14 heteroatoms. The lowest BCUT2D eigenvalue weighted by atomic mass is 9.83. The molecular formula is C33H45N5O8S. The Morgan fingerprint density at radius 1 is 1.06 bits per heavy atom. The van der Waals surface area contributed by atoms with Crippen LogP contribution in [-0.2, 0) is 24.5 Å². The van der Waals surface area contributed by atoms with E-state index in [1.165, 1.54) is 4.90 Å². The Morgan fingerprint density at radius 2 is 1.79 bits per heavy atom. The molecule has 7 atom stereocenters. The molecule has 47 heavy (non-hydrogen) atoms. The first kappa shape index (κ1) is 33.4. The average Bonchev–Trinajstić information content (AvgIpc) is 3.41. The first-order chi connectivity index (χ1) is 22.3. The second kappa shape index (κ2) is 12.8. The SMILES string of the molecule is CC1(C)[C@@H]2[C@@H](C(=O)N[C@@H](C[C@@H]3CCCNC3=O)C(O)S(=O)(=O)O)N(C(=O)[C@@H](NC(=O)c3cc4ccccc4[nH]3)C3CCCCC3)C[C@@H]21. The van der Waals surface area contributed by atoms with Gasteiger partial charge in [0.15, 0.2) is 0 Å². The summed E-state index contributed by atoms with van der Waals surface area (Å²) in [4.78, 5) is 59.3. The number of nitrogens with one attached hydrogen (secondary N) is 4. The van der Waals surface area contributed by atoms with Crippen molar-refractivity contribution in [2.75, 3.05) is 13.1 Å². The number of benzene rings is 1. The van der Waals surface area contributed by atoms with E-state index in [-0.39, 0.29) is 47.9 Å². The minimum atomic E-state index is -4.99. The summed E-state index contributed by atoms with van der Waals surface area (Å²) in [6.45, 7) is 4.79. The molecule has 1 aromatic carbocycles. The van der Waals surface area contributed by atoms with Crippen molar-refractivity contribution >= 4 is 44.6 Å². The van der Waals surface area contributed by atoms with E-state index in [2.05, 4.69) is 20.9 Å². The maximum absolute atomic E-state index is 14.5. The minimum Gasteiger partial charge on any atom is -0.374 e. The first-order valence-corrected chi connectivity index (χ1v) is 18.2. The average molecular weight is 672 g/mol. The van der Waals surface area contributed by atoms with Crippen molar-refractivity contribution < 1.29 is 37.3 Å². The fraction of sp³-hybridized carbons (Fsp3) is 0.636. The molecule has 2 aliphatic heterocycles. The summed E-state index contributed by atoms with van der Waals surface area (Å²) in [5, 5.41) is 19.8. The number of aromatic nitrogens is 1. The molecule has 2 saturated heterocycles. The lowest BCUT2D eigenvalue weighted by Crippen LogP contribution is -2.60. The third kappa shape index (κ3) is 6.64. The van der Waals surface area contributed by atoms with Crippen LogP contribution in [0.4, 0.5) is 0 Å². The number of likely N-dealkylation sites (tertiary alicyclic amines) is 1. The molecule has 4 aliphatic rings. The lowest BCUT2D eigenvalue weighted by molar-refractivity contribution is -0.143. The number of amides is 4. The summed E-state index contributed by atoms with van der Waals surface area (Å²) in [5.74, 6) is -2.80. The van der Waals surface area contributed by atoms with E-state index in [1.807, 2.05) is 38.1 Å². The van der Waals surface area contributed by atoms with Crippen molar-refractivity contribution in [2.24, 2.45) is 29.1 Å². The molecule has 1 aromatic heterocycles. The number of aliphatic hydroxyl groups excluding tert-OH is 1. The standard InChI is InChI=1S/C33H45N5O8S/c1-33(2)21-17-38(27(25(21)33)30(41)36-24(32(43)47(44,45)46)16-20-12-8-14-34-28(20)39)31(42)26(18-9-4-3-5-10-18)37-29(40)23-15-19-11-6-7-13-22(19)35-23/h6-7,11,13,15,18,20-21,24-27,32,35,43H,3-5,8-10,12,14,16-17H2,1-2H3,(H,34,39)(H,36,41)(H,37,40)(H,44,45,46)/t20-,21-,24-,25-,26-,27-,32?/m0/s1. The van der Waals surface area contributed by atoms with Crippen LogP contribution >= 0.6 is 0 Å². The van der Waals surface area contributed by atoms with Gasteiger partial charge in [-0.05, 0) is 67.4 Å². The van der Waals surface area contributed by atoms with Gasteiger partial charge >= 0.3 is 0 Å². The zero-order chi connectivity index (χ0) is 33.7. The number of aliphatic hydroxyl groups is 1. The van der Waals surface area contributed by atoms with Gasteiger partial charge in [-0.15, -0.1) is 0 Å². The molecule has 1 unspecified atom stereocenters. The summed E-state index contributed by atoms with van der Waals surface area (Å²) in [5.41, 5.74) is -1.51. The monoisotopic (exact) mass is 671 g/mol. The van der Waals surface area contributed by atoms with Crippen LogP contribution in [0.25, 0.3) is 10.9 Å². The second-order valence-electron chi connectivity index (χ2n) is 14.4. The molecule has 256 valence electrons. The summed E-state index contributed by atoms with van der Waals surface area (Å²) in [6.07, 6.45) is 5.25. The number of hydrogen-bond donors (Lipinski definition) is 6. The van der Waals surface area contributed by atoms with Crippen LogP contribution in [0.2, 0.25) is 0 Å². The zero-order valence-corrected chi connectivity index (χ0v) is 27.6. The number of rotatable bonds is 10. The van der Waals surface area contributed by atoms with E-state index >= 15 is 0 Å². The molecule has 6 N–H and O–H groups in total. The number of nitrogens with zero attached hydrogens (tertiary/aromatic N) is 1. The summed E-state index contributed by atoms with van der Waals surface area (Å²) in [7, 11) is -4.99. The van der Waals surface area contributed by atoms with Gasteiger partial charge in [-0.25, -0.2) is 0 Å². The van der Waals surface area contributed by atoms with E-state index < -0.39 is 51.4 Å². The lowest BCUT2D eigenvalue weighted by Gasteiger charge is -2.37. The molecule has 4 fully saturated rings. The molecular weight excluding hydrogens is 626 g/mol. The molecule has 2 saturated carbocycles. The smallest absolute Gasteiger partial charge is 0.294 e. The number of carbonyl (C=O) groups is 4. The molecule has 0 bridgehead atoms. The zero-order valence-electron chi connectivity index (χ0n) is 26.8. The highest BCUT2D eigenvalue weighted by molar-refractivity contribution is 7.86. The number of carbonyl (C=O) groups excluding carboxylic acids is 4. The quantitative estimate of drug-likeness (QED) is 0.206. The van der Waals surface area contributed by atoms with Crippen molar-refractivity contribution in [1.82, 2.24) is 25.8 Å². The van der Waals surface area contributed by atoms with E-state index in [0.717, 1.165) is 43.0 Å². The maximum Gasteiger partial charge on any atom is 0.294 e.